The van der Waals surface area contributed by atoms with Gasteiger partial charge in [0.15, 0.2) is 0 Å². The highest BCUT2D eigenvalue weighted by Crippen LogP contribution is 2.27. The fourth-order valence-corrected chi connectivity index (χ4v) is 3.68. The molecule has 1 aliphatic heterocycles. The first kappa shape index (κ1) is 17.7. The van der Waals surface area contributed by atoms with Gasteiger partial charge in [-0.25, -0.2) is 0 Å². The number of hydrogen-bond donors (Lipinski definition) is 2. The van der Waals surface area contributed by atoms with E-state index in [-0.39, 0.29) is 11.8 Å². The van der Waals surface area contributed by atoms with Crippen molar-refractivity contribution in [1.29, 1.82) is 0 Å². The van der Waals surface area contributed by atoms with Crippen molar-refractivity contribution in [2.75, 3.05) is 32.0 Å². The summed E-state index contributed by atoms with van der Waals surface area (Å²) in [6.45, 7) is 6.00. The average Bonchev–Trinajstić information content (AvgIpc) is 2.93. The van der Waals surface area contributed by atoms with Gasteiger partial charge in [0, 0.05) is 33.1 Å². The van der Waals surface area contributed by atoms with Gasteiger partial charge in [0.05, 0.1) is 11.3 Å². The van der Waals surface area contributed by atoms with E-state index in [9.17, 15) is 9.59 Å². The predicted molar refractivity (Wildman–Crippen MR) is 92.9 cm³/mol. The Morgan fingerprint density at radius 3 is 2.91 bits per heavy atom. The maximum absolute atomic E-state index is 12.8. The van der Waals surface area contributed by atoms with E-state index in [2.05, 4.69) is 15.0 Å². The molecule has 1 aromatic rings. The molecule has 0 spiro atoms. The van der Waals surface area contributed by atoms with E-state index in [1.54, 1.807) is 0 Å². The molecule has 2 N–H and O–H groups in total. The van der Waals surface area contributed by atoms with Crippen LogP contribution in [0.5, 0.6) is 0 Å². The summed E-state index contributed by atoms with van der Waals surface area (Å²) in [4.78, 5) is 26.3. The summed E-state index contributed by atoms with van der Waals surface area (Å²) < 4.78 is 4.28. The van der Waals surface area contributed by atoms with Gasteiger partial charge >= 0.3 is 0 Å². The maximum Gasteiger partial charge on any atom is 0.258 e. The molecule has 0 aliphatic carbocycles. The van der Waals surface area contributed by atoms with Gasteiger partial charge in [-0.15, -0.1) is 0 Å². The molecule has 0 bridgehead atoms. The zero-order valence-corrected chi connectivity index (χ0v) is 15.0. The highest BCUT2D eigenvalue weighted by molar-refractivity contribution is 7.10. The van der Waals surface area contributed by atoms with Crippen LogP contribution < -0.4 is 10.6 Å². The Morgan fingerprint density at radius 1 is 1.43 bits per heavy atom. The zero-order valence-electron chi connectivity index (χ0n) is 14.1. The van der Waals surface area contributed by atoms with Gasteiger partial charge in [0.25, 0.3) is 5.91 Å². The van der Waals surface area contributed by atoms with Crippen LogP contribution in [0.1, 0.15) is 48.7 Å². The number of hydrogen-bond acceptors (Lipinski definition) is 5. The zero-order chi connectivity index (χ0) is 16.8. The molecule has 7 heteroatoms. The van der Waals surface area contributed by atoms with Crippen molar-refractivity contribution >= 4 is 28.3 Å². The van der Waals surface area contributed by atoms with Crippen molar-refractivity contribution in [3.8, 4) is 0 Å². The summed E-state index contributed by atoms with van der Waals surface area (Å²) in [5.41, 5.74) is 1.47. The van der Waals surface area contributed by atoms with Crippen molar-refractivity contribution in [2.45, 2.75) is 39.5 Å². The number of amides is 2. The topological polar surface area (TPSA) is 74.3 Å². The Morgan fingerprint density at radius 2 is 2.22 bits per heavy atom. The van der Waals surface area contributed by atoms with Gasteiger partial charge in [-0.05, 0) is 43.6 Å². The van der Waals surface area contributed by atoms with Gasteiger partial charge in [-0.2, -0.15) is 4.37 Å². The Hall–Kier alpha value is -1.63. The SMILES string of the molecule is CCCC(=O)NC[C@@H]1CCCN(C(=O)c2c(C)nsc2NC)C1. The number of nitrogens with zero attached hydrogens (tertiary/aromatic N) is 2. The third-order valence-electron chi connectivity index (χ3n) is 4.17. The minimum absolute atomic E-state index is 0.0465. The second-order valence-corrected chi connectivity index (χ2v) is 6.81. The number of nitrogens with one attached hydrogen (secondary N) is 2. The second-order valence-electron chi connectivity index (χ2n) is 6.04. The summed E-state index contributed by atoms with van der Waals surface area (Å²) in [6.07, 6.45) is 3.46. The number of anilines is 1. The van der Waals surface area contributed by atoms with E-state index < -0.39 is 0 Å². The molecule has 128 valence electrons. The monoisotopic (exact) mass is 338 g/mol. The number of rotatable bonds is 6. The van der Waals surface area contributed by atoms with Crippen LogP contribution in [-0.4, -0.2) is 47.8 Å². The van der Waals surface area contributed by atoms with Crippen molar-refractivity contribution in [1.82, 2.24) is 14.6 Å². The molecule has 1 atom stereocenters. The van der Waals surface area contributed by atoms with E-state index in [4.69, 9.17) is 0 Å². The average molecular weight is 338 g/mol. The van der Waals surface area contributed by atoms with Gasteiger partial charge in [-0.1, -0.05) is 6.92 Å². The number of aromatic nitrogens is 1. The summed E-state index contributed by atoms with van der Waals surface area (Å²) in [5.74, 6) is 0.481. The van der Waals surface area contributed by atoms with E-state index in [1.807, 2.05) is 25.8 Å². The number of likely N-dealkylation sites (tertiary alicyclic amines) is 1. The summed E-state index contributed by atoms with van der Waals surface area (Å²) in [6, 6.07) is 0. The molecule has 2 rings (SSSR count). The molecular weight excluding hydrogens is 312 g/mol. The molecule has 1 fully saturated rings. The minimum atomic E-state index is 0.0465. The Labute approximate surface area is 141 Å². The van der Waals surface area contributed by atoms with Crippen molar-refractivity contribution < 1.29 is 9.59 Å². The number of carbonyl (C=O) groups is 2. The van der Waals surface area contributed by atoms with Crippen molar-refractivity contribution in [3.63, 3.8) is 0 Å². The quantitative estimate of drug-likeness (QED) is 0.834. The maximum atomic E-state index is 12.8. The Balaban J connectivity index is 1.96. The molecule has 1 aromatic heterocycles. The third-order valence-corrected chi connectivity index (χ3v) is 5.13. The van der Waals surface area contributed by atoms with E-state index in [0.717, 1.165) is 36.5 Å². The lowest BCUT2D eigenvalue weighted by Gasteiger charge is -2.33. The highest BCUT2D eigenvalue weighted by Gasteiger charge is 2.28. The summed E-state index contributed by atoms with van der Waals surface area (Å²) >= 11 is 1.32. The van der Waals surface area contributed by atoms with E-state index in [0.29, 0.717) is 31.0 Å². The van der Waals surface area contributed by atoms with Gasteiger partial charge in [0.2, 0.25) is 5.91 Å². The Kier molecular flexibility index (Phi) is 6.38. The van der Waals surface area contributed by atoms with E-state index >= 15 is 0 Å². The van der Waals surface area contributed by atoms with Crippen LogP contribution in [0.3, 0.4) is 0 Å². The largest absolute Gasteiger partial charge is 0.378 e. The van der Waals surface area contributed by atoms with Crippen molar-refractivity contribution in [3.05, 3.63) is 11.3 Å². The molecule has 2 amide bonds. The first-order valence-electron chi connectivity index (χ1n) is 8.26. The van der Waals surface area contributed by atoms with Crippen LogP contribution in [-0.2, 0) is 4.79 Å². The van der Waals surface area contributed by atoms with Crippen LogP contribution in [0.2, 0.25) is 0 Å². The molecule has 0 aromatic carbocycles. The molecule has 1 saturated heterocycles. The lowest BCUT2D eigenvalue weighted by molar-refractivity contribution is -0.121. The lowest BCUT2D eigenvalue weighted by Crippen LogP contribution is -2.43. The fourth-order valence-electron chi connectivity index (χ4n) is 2.94. The molecule has 6 nitrogen and oxygen atoms in total. The standard InChI is InChI=1S/C16H26N4O2S/c1-4-6-13(21)18-9-12-7-5-8-20(10-12)16(22)14-11(2)19-23-15(14)17-3/h12,17H,4-10H2,1-3H3,(H,18,21)/t12-/m0/s1. The van der Waals surface area contributed by atoms with Gasteiger partial charge in [-0.3, -0.25) is 9.59 Å². The molecule has 0 radical (unpaired) electrons. The second kappa shape index (κ2) is 8.29. The molecule has 0 saturated carbocycles. The lowest BCUT2D eigenvalue weighted by atomic mass is 9.97. The smallest absolute Gasteiger partial charge is 0.258 e. The van der Waals surface area contributed by atoms with Crippen LogP contribution in [0.4, 0.5) is 5.00 Å². The minimum Gasteiger partial charge on any atom is -0.378 e. The highest BCUT2D eigenvalue weighted by atomic mass is 32.1. The number of piperidine rings is 1. The first-order valence-corrected chi connectivity index (χ1v) is 9.04. The normalized spacial score (nSPS) is 17.9. The predicted octanol–water partition coefficient (Wildman–Crippen LogP) is 2.26. The van der Waals surface area contributed by atoms with Gasteiger partial charge in [0.1, 0.15) is 5.00 Å². The van der Waals surface area contributed by atoms with Crippen LogP contribution in [0.15, 0.2) is 0 Å². The van der Waals surface area contributed by atoms with E-state index in [1.165, 1.54) is 11.5 Å². The Bertz CT molecular complexity index is 558. The number of aryl methyl sites for hydroxylation is 1. The molecule has 1 aliphatic rings. The van der Waals surface area contributed by atoms with Crippen LogP contribution >= 0.6 is 11.5 Å². The van der Waals surface area contributed by atoms with Gasteiger partial charge < -0.3 is 15.5 Å². The fraction of sp³-hybridized carbons (Fsp3) is 0.688. The molecular formula is C16H26N4O2S. The van der Waals surface area contributed by atoms with Crippen molar-refractivity contribution in [2.24, 2.45) is 5.92 Å². The summed E-state index contributed by atoms with van der Waals surface area (Å²) in [7, 11) is 1.81. The number of carbonyl (C=O) groups excluding carboxylic acids is 2. The summed E-state index contributed by atoms with van der Waals surface area (Å²) in [5, 5.41) is 6.86. The van der Waals surface area contributed by atoms with Crippen LogP contribution in [0, 0.1) is 12.8 Å². The molecule has 2 heterocycles. The van der Waals surface area contributed by atoms with Crippen LogP contribution in [0.25, 0.3) is 0 Å². The third kappa shape index (κ3) is 4.43. The molecule has 23 heavy (non-hydrogen) atoms. The first-order chi connectivity index (χ1) is 11.1. The molecule has 0 unspecified atom stereocenters.